The lowest BCUT2D eigenvalue weighted by molar-refractivity contribution is -0.149. The summed E-state index contributed by atoms with van der Waals surface area (Å²) in [5.41, 5.74) is 3.10. The molecule has 2 aromatic rings. The molecule has 1 fully saturated rings. The van der Waals surface area contributed by atoms with Crippen LogP contribution in [0.25, 0.3) is 11.5 Å². The van der Waals surface area contributed by atoms with Gasteiger partial charge in [-0.1, -0.05) is 17.7 Å². The first-order valence-corrected chi connectivity index (χ1v) is 10.2. The van der Waals surface area contributed by atoms with Gasteiger partial charge in [-0.2, -0.15) is 0 Å². The molecule has 1 aromatic carbocycles. The largest absolute Gasteiger partial charge is 0.466 e. The predicted molar refractivity (Wildman–Crippen MR) is 128 cm³/mol. The van der Waals surface area contributed by atoms with Gasteiger partial charge in [-0.25, -0.2) is 4.98 Å². The number of nitrogens with zero attached hydrogens (tertiary/aromatic N) is 3. The number of esters is 1. The number of ether oxygens (including phenoxy) is 1. The first kappa shape index (κ1) is 24.2. The lowest BCUT2D eigenvalue weighted by Gasteiger charge is -2.33. The van der Waals surface area contributed by atoms with Gasteiger partial charge in [-0.3, -0.25) is 9.79 Å². The molecule has 1 aromatic heterocycles. The highest BCUT2D eigenvalue weighted by molar-refractivity contribution is 14.0. The molecule has 164 valence electrons. The Morgan fingerprint density at radius 2 is 2.00 bits per heavy atom. The summed E-state index contributed by atoms with van der Waals surface area (Å²) in [6.45, 7) is 6.65. The second-order valence-corrected chi connectivity index (χ2v) is 7.25. The van der Waals surface area contributed by atoms with E-state index in [9.17, 15) is 4.79 Å². The zero-order chi connectivity index (χ0) is 20.6. The van der Waals surface area contributed by atoms with Gasteiger partial charge in [0.05, 0.1) is 18.2 Å². The summed E-state index contributed by atoms with van der Waals surface area (Å²) < 4.78 is 10.8. The molecule has 0 saturated carbocycles. The summed E-state index contributed by atoms with van der Waals surface area (Å²) in [5.74, 6) is 1.42. The Morgan fingerprint density at radius 3 is 2.63 bits per heavy atom. The van der Waals surface area contributed by atoms with Crippen LogP contribution in [0.4, 0.5) is 0 Å². The normalized spacial score (nSPS) is 14.9. The first-order chi connectivity index (χ1) is 14.1. The summed E-state index contributed by atoms with van der Waals surface area (Å²) in [4.78, 5) is 23.0. The monoisotopic (exact) mass is 526 g/mol. The van der Waals surface area contributed by atoms with Crippen LogP contribution in [0.3, 0.4) is 0 Å². The van der Waals surface area contributed by atoms with E-state index in [0.717, 1.165) is 49.6 Å². The minimum Gasteiger partial charge on any atom is -0.466 e. The van der Waals surface area contributed by atoms with Crippen molar-refractivity contribution in [3.8, 4) is 11.5 Å². The molecule has 0 bridgehead atoms. The van der Waals surface area contributed by atoms with Crippen LogP contribution in [0.15, 0.2) is 39.9 Å². The van der Waals surface area contributed by atoms with Crippen LogP contribution in [0.5, 0.6) is 0 Å². The number of halogens is 1. The number of aromatic nitrogens is 1. The van der Waals surface area contributed by atoms with Gasteiger partial charge < -0.3 is 19.4 Å². The van der Waals surface area contributed by atoms with Crippen LogP contribution in [-0.2, 0) is 16.0 Å². The third-order valence-corrected chi connectivity index (χ3v) is 5.14. The minimum atomic E-state index is -0.0782. The molecule has 8 heteroatoms. The number of hydrogen-bond acceptors (Lipinski definition) is 5. The van der Waals surface area contributed by atoms with Crippen molar-refractivity contribution in [1.29, 1.82) is 0 Å². The molecule has 0 amide bonds. The number of benzene rings is 1. The van der Waals surface area contributed by atoms with E-state index in [-0.39, 0.29) is 35.9 Å². The summed E-state index contributed by atoms with van der Waals surface area (Å²) in [5, 5.41) is 3.39. The lowest BCUT2D eigenvalue weighted by Crippen LogP contribution is -2.47. The lowest BCUT2D eigenvalue weighted by atomic mass is 9.97. The van der Waals surface area contributed by atoms with Gasteiger partial charge in [0.25, 0.3) is 0 Å². The van der Waals surface area contributed by atoms with Crippen molar-refractivity contribution in [2.75, 3.05) is 33.3 Å². The molecule has 1 aliphatic rings. The van der Waals surface area contributed by atoms with Gasteiger partial charge in [0.15, 0.2) is 5.96 Å². The molecule has 0 unspecified atom stereocenters. The minimum absolute atomic E-state index is 0. The van der Waals surface area contributed by atoms with Gasteiger partial charge in [-0.05, 0) is 38.8 Å². The fraction of sp³-hybridized carbons (Fsp3) is 0.500. The van der Waals surface area contributed by atoms with Crippen LogP contribution in [0.2, 0.25) is 0 Å². The van der Waals surface area contributed by atoms with Crippen molar-refractivity contribution in [2.24, 2.45) is 10.9 Å². The highest BCUT2D eigenvalue weighted by Gasteiger charge is 2.27. The van der Waals surface area contributed by atoms with Crippen molar-refractivity contribution in [1.82, 2.24) is 15.2 Å². The quantitative estimate of drug-likeness (QED) is 0.268. The van der Waals surface area contributed by atoms with Crippen molar-refractivity contribution in [3.05, 3.63) is 41.8 Å². The van der Waals surface area contributed by atoms with Crippen LogP contribution in [-0.4, -0.2) is 55.1 Å². The number of carbonyl (C=O) groups is 1. The van der Waals surface area contributed by atoms with Gasteiger partial charge in [0.2, 0.25) is 5.89 Å². The van der Waals surface area contributed by atoms with Crippen molar-refractivity contribution >= 4 is 35.9 Å². The van der Waals surface area contributed by atoms with Gasteiger partial charge in [0, 0.05) is 38.7 Å². The van der Waals surface area contributed by atoms with E-state index in [1.807, 2.05) is 19.1 Å². The molecule has 1 N–H and O–H groups in total. The number of hydrogen-bond donors (Lipinski definition) is 1. The molecule has 0 aliphatic carbocycles. The number of carbonyl (C=O) groups excluding carboxylic acids is 1. The second kappa shape index (κ2) is 11.9. The van der Waals surface area contributed by atoms with E-state index in [4.69, 9.17) is 9.15 Å². The topological polar surface area (TPSA) is 80.0 Å². The number of rotatable bonds is 6. The maximum absolute atomic E-state index is 11.9. The van der Waals surface area contributed by atoms with E-state index in [1.165, 1.54) is 5.56 Å². The number of nitrogens with one attached hydrogen (secondary N) is 1. The standard InChI is InChI=1S/C22H30N4O3.HI/c1-4-28-21(27)18-10-13-26(14-11-18)22(23-3)24-12-9-19-15-29-20(25-19)17-7-5-16(2)6-8-17;/h5-8,15,18H,4,9-14H2,1-3H3,(H,23,24);1H. The average Bonchev–Trinajstić information content (AvgIpc) is 3.21. The molecule has 2 heterocycles. The van der Waals surface area contributed by atoms with Gasteiger partial charge in [-0.15, -0.1) is 24.0 Å². The molecular weight excluding hydrogens is 495 g/mol. The smallest absolute Gasteiger partial charge is 0.309 e. The predicted octanol–water partition coefficient (Wildman–Crippen LogP) is 3.66. The molecule has 30 heavy (non-hydrogen) atoms. The number of aliphatic imine (C=N–C) groups is 1. The van der Waals surface area contributed by atoms with Crippen LogP contribution in [0.1, 0.15) is 31.0 Å². The Bertz CT molecular complexity index is 827. The van der Waals surface area contributed by atoms with E-state index >= 15 is 0 Å². The zero-order valence-corrected chi connectivity index (χ0v) is 20.2. The average molecular weight is 526 g/mol. The summed E-state index contributed by atoms with van der Waals surface area (Å²) in [7, 11) is 1.78. The third kappa shape index (κ3) is 6.45. The SMILES string of the molecule is CCOC(=O)C1CCN(C(=NC)NCCc2coc(-c3ccc(C)cc3)n2)CC1.I. The van der Waals surface area contributed by atoms with Crippen molar-refractivity contribution in [3.63, 3.8) is 0 Å². The van der Waals surface area contributed by atoms with E-state index in [0.29, 0.717) is 19.0 Å². The first-order valence-electron chi connectivity index (χ1n) is 10.2. The van der Waals surface area contributed by atoms with Crippen molar-refractivity contribution < 1.29 is 13.9 Å². The molecule has 0 atom stereocenters. The van der Waals surface area contributed by atoms with Crippen LogP contribution < -0.4 is 5.32 Å². The molecule has 0 radical (unpaired) electrons. The molecule has 1 aliphatic heterocycles. The Kier molecular flexibility index (Phi) is 9.61. The molecule has 1 saturated heterocycles. The van der Waals surface area contributed by atoms with Gasteiger partial charge in [0.1, 0.15) is 6.26 Å². The van der Waals surface area contributed by atoms with Crippen LogP contribution in [0, 0.1) is 12.8 Å². The maximum Gasteiger partial charge on any atom is 0.309 e. The molecular formula is C22H31IN4O3. The number of aryl methyl sites for hydroxylation is 1. The molecule has 3 rings (SSSR count). The van der Waals surface area contributed by atoms with E-state index in [1.54, 1.807) is 13.3 Å². The molecule has 0 spiro atoms. The summed E-state index contributed by atoms with van der Waals surface area (Å²) in [6.07, 6.45) is 4.05. The highest BCUT2D eigenvalue weighted by atomic mass is 127. The maximum atomic E-state index is 11.9. The Morgan fingerprint density at radius 1 is 1.30 bits per heavy atom. The van der Waals surface area contributed by atoms with Crippen LogP contribution >= 0.6 is 24.0 Å². The number of likely N-dealkylation sites (tertiary alicyclic amines) is 1. The fourth-order valence-corrected chi connectivity index (χ4v) is 3.47. The van der Waals surface area contributed by atoms with Gasteiger partial charge >= 0.3 is 5.97 Å². The highest BCUT2D eigenvalue weighted by Crippen LogP contribution is 2.20. The summed E-state index contributed by atoms with van der Waals surface area (Å²) in [6, 6.07) is 8.14. The number of guanidine groups is 1. The fourth-order valence-electron chi connectivity index (χ4n) is 3.47. The Labute approximate surface area is 195 Å². The summed E-state index contributed by atoms with van der Waals surface area (Å²) >= 11 is 0. The zero-order valence-electron chi connectivity index (χ0n) is 17.9. The molecule has 7 nitrogen and oxygen atoms in total. The van der Waals surface area contributed by atoms with E-state index < -0.39 is 0 Å². The third-order valence-electron chi connectivity index (χ3n) is 5.14. The number of oxazole rings is 1. The number of piperidine rings is 1. The Balaban J connectivity index is 0.00000320. The van der Waals surface area contributed by atoms with Crippen molar-refractivity contribution in [2.45, 2.75) is 33.1 Å². The van der Waals surface area contributed by atoms with E-state index in [2.05, 4.69) is 39.2 Å². The second-order valence-electron chi connectivity index (χ2n) is 7.25. The Hall–Kier alpha value is -2.10.